The monoisotopic (exact) mass is 603 g/mol. The predicted molar refractivity (Wildman–Crippen MR) is 162 cm³/mol. The van der Waals surface area contributed by atoms with Gasteiger partial charge in [-0.1, -0.05) is 13.8 Å². The van der Waals surface area contributed by atoms with Crippen molar-refractivity contribution in [1.29, 1.82) is 0 Å². The molecule has 1 atom stereocenters. The maximum absolute atomic E-state index is 14.8. The molecule has 6 rings (SSSR count). The number of anilines is 2. The summed E-state index contributed by atoms with van der Waals surface area (Å²) in [5.74, 6) is -1.83. The number of halogens is 2. The Hall–Kier alpha value is -4.58. The summed E-state index contributed by atoms with van der Waals surface area (Å²) in [4.78, 5) is 38.9. The number of methoxy groups -OCH3 is 1. The molecule has 44 heavy (non-hydrogen) atoms. The summed E-state index contributed by atoms with van der Waals surface area (Å²) in [6, 6.07) is 8.07. The summed E-state index contributed by atoms with van der Waals surface area (Å²) in [5, 5.41) is 6.58. The number of carbonyl (C=O) groups is 2. The third kappa shape index (κ3) is 5.45. The van der Waals surface area contributed by atoms with E-state index in [4.69, 9.17) is 4.74 Å². The molecule has 230 valence electrons. The van der Waals surface area contributed by atoms with Gasteiger partial charge in [0, 0.05) is 61.9 Å². The third-order valence-corrected chi connectivity index (χ3v) is 8.45. The molecule has 4 heterocycles. The number of benzene rings is 2. The Morgan fingerprint density at radius 1 is 1.05 bits per heavy atom. The van der Waals surface area contributed by atoms with Gasteiger partial charge >= 0.3 is 0 Å². The Labute approximate surface area is 254 Å². The Bertz CT molecular complexity index is 1750. The predicted octanol–water partition coefficient (Wildman–Crippen LogP) is 4.41. The molecular weight excluding hydrogens is 568 g/mol. The third-order valence-electron chi connectivity index (χ3n) is 8.45. The quantitative estimate of drug-likeness (QED) is 0.337. The van der Waals surface area contributed by atoms with Crippen LogP contribution in [0.4, 0.5) is 20.3 Å². The number of nitrogens with one attached hydrogen (secondary N) is 2. The van der Waals surface area contributed by atoms with Crippen LogP contribution in [0.2, 0.25) is 0 Å². The molecule has 2 saturated heterocycles. The van der Waals surface area contributed by atoms with Gasteiger partial charge in [0.25, 0.3) is 5.91 Å². The molecule has 2 amide bonds. The molecule has 12 heteroatoms. The Balaban J connectivity index is 1.14. The maximum atomic E-state index is 14.8. The first-order valence-electron chi connectivity index (χ1n) is 14.6. The lowest BCUT2D eigenvalue weighted by atomic mass is 9.90. The molecule has 4 aromatic rings. The number of aromatic nitrogens is 3. The molecule has 2 aliphatic rings. The molecule has 0 spiro atoms. The van der Waals surface area contributed by atoms with Gasteiger partial charge in [-0.05, 0) is 54.7 Å². The summed E-state index contributed by atoms with van der Waals surface area (Å²) in [6.45, 7) is 8.99. The number of carbonyl (C=O) groups excluding carboxylic acids is 2. The summed E-state index contributed by atoms with van der Waals surface area (Å²) >= 11 is 0. The zero-order chi connectivity index (χ0) is 31.2. The standard InChI is InChI=1S/C32H35F2N7O3/c1-19-15-20(5-6-21(19)30(42)39-11-13-40(14-12-39)31(43)23-16-32(2,3)18-37-23)38-28-29-36-17-24(41(29)10-9-35-28)22-7-8-25(44-4)27(34)26(22)33/h5-10,15,17,23,37H,11-14,16,18H2,1-4H3,(H,35,38)/t23-/m0/s1. The number of ether oxygens (including phenoxy) is 1. The highest BCUT2D eigenvalue weighted by molar-refractivity contribution is 5.96. The van der Waals surface area contributed by atoms with Gasteiger partial charge < -0.3 is 25.2 Å². The van der Waals surface area contributed by atoms with Crippen LogP contribution >= 0.6 is 0 Å². The molecule has 0 saturated carbocycles. The summed E-state index contributed by atoms with van der Waals surface area (Å²) in [5.41, 5.74) is 2.97. The molecule has 2 aliphatic heterocycles. The molecule has 0 radical (unpaired) electrons. The average Bonchev–Trinajstić information content (AvgIpc) is 3.61. The highest BCUT2D eigenvalue weighted by atomic mass is 19.2. The van der Waals surface area contributed by atoms with Crippen molar-refractivity contribution in [3.8, 4) is 17.0 Å². The fourth-order valence-electron chi connectivity index (χ4n) is 6.00. The Morgan fingerprint density at radius 2 is 1.80 bits per heavy atom. The van der Waals surface area contributed by atoms with Gasteiger partial charge in [0.2, 0.25) is 11.7 Å². The zero-order valence-corrected chi connectivity index (χ0v) is 25.2. The van der Waals surface area contributed by atoms with Gasteiger partial charge in [-0.3, -0.25) is 14.0 Å². The van der Waals surface area contributed by atoms with Crippen LogP contribution in [0.1, 0.15) is 36.2 Å². The number of aryl methyl sites for hydroxylation is 1. The normalized spacial score (nSPS) is 18.1. The number of rotatable bonds is 6. The van der Waals surface area contributed by atoms with Crippen LogP contribution in [-0.2, 0) is 4.79 Å². The summed E-state index contributed by atoms with van der Waals surface area (Å²) in [7, 11) is 1.28. The van der Waals surface area contributed by atoms with E-state index in [1.807, 2.05) is 17.9 Å². The number of fused-ring (bicyclic) bond motifs is 1. The van der Waals surface area contributed by atoms with Crippen LogP contribution in [0, 0.1) is 24.0 Å². The SMILES string of the molecule is COc1ccc(-c2cnc3c(Nc4ccc(C(=O)N5CCN(C(=O)[C@@H]6CC(C)(C)CN6)CC5)c(C)c4)nccn23)c(F)c1F. The van der Waals surface area contributed by atoms with E-state index in [-0.39, 0.29) is 34.6 Å². The Morgan fingerprint density at radius 3 is 2.48 bits per heavy atom. The maximum Gasteiger partial charge on any atom is 0.254 e. The second kappa shape index (κ2) is 11.5. The van der Waals surface area contributed by atoms with E-state index in [1.54, 1.807) is 27.6 Å². The minimum Gasteiger partial charge on any atom is -0.494 e. The van der Waals surface area contributed by atoms with Crippen LogP contribution in [-0.4, -0.2) is 81.9 Å². The smallest absolute Gasteiger partial charge is 0.254 e. The molecule has 0 bridgehead atoms. The molecule has 0 aliphatic carbocycles. The lowest BCUT2D eigenvalue weighted by molar-refractivity contribution is -0.134. The first-order chi connectivity index (χ1) is 21.1. The zero-order valence-electron chi connectivity index (χ0n) is 25.2. The van der Waals surface area contributed by atoms with Crippen molar-refractivity contribution < 1.29 is 23.1 Å². The summed E-state index contributed by atoms with van der Waals surface area (Å²) < 4.78 is 35.7. The van der Waals surface area contributed by atoms with E-state index < -0.39 is 11.6 Å². The Kier molecular flexibility index (Phi) is 7.70. The number of nitrogens with zero attached hydrogens (tertiary/aromatic N) is 5. The van der Waals surface area contributed by atoms with Crippen molar-refractivity contribution in [2.45, 2.75) is 33.2 Å². The van der Waals surface area contributed by atoms with E-state index in [0.717, 1.165) is 18.5 Å². The molecule has 2 aromatic heterocycles. The number of amides is 2. The van der Waals surface area contributed by atoms with Crippen LogP contribution in [0.5, 0.6) is 5.75 Å². The highest BCUT2D eigenvalue weighted by Gasteiger charge is 2.37. The van der Waals surface area contributed by atoms with Gasteiger partial charge in [0.05, 0.1) is 25.0 Å². The topological polar surface area (TPSA) is 104 Å². The highest BCUT2D eigenvalue weighted by Crippen LogP contribution is 2.32. The fourth-order valence-corrected chi connectivity index (χ4v) is 6.00. The van der Waals surface area contributed by atoms with Gasteiger partial charge in [0.15, 0.2) is 23.0 Å². The van der Waals surface area contributed by atoms with Gasteiger partial charge in [-0.15, -0.1) is 0 Å². The van der Waals surface area contributed by atoms with Crippen LogP contribution in [0.3, 0.4) is 0 Å². The van der Waals surface area contributed by atoms with Crippen molar-refractivity contribution in [2.24, 2.45) is 5.41 Å². The number of hydrogen-bond donors (Lipinski definition) is 2. The molecule has 2 fully saturated rings. The first kappa shape index (κ1) is 29.5. The number of imidazole rings is 1. The van der Waals surface area contributed by atoms with Crippen LogP contribution in [0.25, 0.3) is 16.9 Å². The first-order valence-corrected chi connectivity index (χ1v) is 14.6. The van der Waals surface area contributed by atoms with Crippen molar-refractivity contribution in [3.63, 3.8) is 0 Å². The van der Waals surface area contributed by atoms with E-state index in [2.05, 4.69) is 34.4 Å². The van der Waals surface area contributed by atoms with E-state index in [0.29, 0.717) is 54.6 Å². The minimum atomic E-state index is -1.07. The van der Waals surface area contributed by atoms with Crippen molar-refractivity contribution in [3.05, 3.63) is 71.7 Å². The van der Waals surface area contributed by atoms with Crippen LogP contribution in [0.15, 0.2) is 48.9 Å². The van der Waals surface area contributed by atoms with E-state index in [1.165, 1.54) is 31.6 Å². The van der Waals surface area contributed by atoms with Crippen LogP contribution < -0.4 is 15.4 Å². The molecule has 2 N–H and O–H groups in total. The van der Waals surface area contributed by atoms with Gasteiger partial charge in [-0.25, -0.2) is 14.4 Å². The van der Waals surface area contributed by atoms with Crippen molar-refractivity contribution >= 4 is 29.0 Å². The number of piperazine rings is 1. The molecule has 2 aromatic carbocycles. The molecule has 10 nitrogen and oxygen atoms in total. The summed E-state index contributed by atoms with van der Waals surface area (Å²) in [6.07, 6.45) is 5.43. The second-order valence-electron chi connectivity index (χ2n) is 12.1. The van der Waals surface area contributed by atoms with Crippen molar-refractivity contribution in [1.82, 2.24) is 29.5 Å². The van der Waals surface area contributed by atoms with Gasteiger partial charge in [-0.2, -0.15) is 4.39 Å². The average molecular weight is 604 g/mol. The second-order valence-corrected chi connectivity index (χ2v) is 12.1. The lowest BCUT2D eigenvalue weighted by Gasteiger charge is -2.36. The fraction of sp³-hybridized carbons (Fsp3) is 0.375. The number of hydrogen-bond acceptors (Lipinski definition) is 7. The minimum absolute atomic E-state index is 0.0380. The molecule has 0 unspecified atom stereocenters. The van der Waals surface area contributed by atoms with E-state index >= 15 is 0 Å². The molecular formula is C32H35F2N7O3. The van der Waals surface area contributed by atoms with Crippen molar-refractivity contribution in [2.75, 3.05) is 45.2 Å². The lowest BCUT2D eigenvalue weighted by Crippen LogP contribution is -2.54. The largest absolute Gasteiger partial charge is 0.494 e. The van der Waals surface area contributed by atoms with Gasteiger partial charge in [0.1, 0.15) is 0 Å². The van der Waals surface area contributed by atoms with E-state index in [9.17, 15) is 18.4 Å².